The summed E-state index contributed by atoms with van der Waals surface area (Å²) in [4.78, 5) is 6.75. The summed E-state index contributed by atoms with van der Waals surface area (Å²) in [6.45, 7) is 6.36. The summed E-state index contributed by atoms with van der Waals surface area (Å²) in [7, 11) is 0. The third kappa shape index (κ3) is 3.03. The summed E-state index contributed by atoms with van der Waals surface area (Å²) in [5.74, 6) is 0.808. The maximum Gasteiger partial charge on any atom is 0.0313 e. The van der Waals surface area contributed by atoms with Crippen molar-refractivity contribution in [2.75, 3.05) is 19.6 Å². The summed E-state index contributed by atoms with van der Waals surface area (Å²) in [5.41, 5.74) is 8.17. The van der Waals surface area contributed by atoms with Gasteiger partial charge in [0.2, 0.25) is 0 Å². The highest BCUT2D eigenvalue weighted by Crippen LogP contribution is 2.20. The van der Waals surface area contributed by atoms with Crippen LogP contribution in [0.1, 0.15) is 24.0 Å². The number of hydrogen-bond acceptors (Lipinski definition) is 3. The van der Waals surface area contributed by atoms with Crippen LogP contribution in [-0.2, 0) is 6.54 Å². The molecule has 0 amide bonds. The van der Waals surface area contributed by atoms with Crippen LogP contribution in [0, 0.1) is 12.8 Å². The van der Waals surface area contributed by atoms with Gasteiger partial charge in [-0.05, 0) is 49.9 Å². The summed E-state index contributed by atoms with van der Waals surface area (Å²) < 4.78 is 0. The van der Waals surface area contributed by atoms with Crippen LogP contribution in [0.3, 0.4) is 0 Å². The molecule has 0 saturated carbocycles. The Kier molecular flexibility index (Phi) is 3.91. The van der Waals surface area contributed by atoms with E-state index in [1.54, 1.807) is 0 Å². The molecule has 1 atom stereocenters. The molecule has 1 aromatic heterocycles. The Morgan fingerprint density at radius 3 is 3.12 bits per heavy atom. The molecule has 0 bridgehead atoms. The van der Waals surface area contributed by atoms with Crippen LogP contribution in [0.5, 0.6) is 0 Å². The number of pyridine rings is 1. The molecule has 1 aromatic rings. The molecule has 0 aliphatic carbocycles. The van der Waals surface area contributed by atoms with E-state index in [1.165, 1.54) is 37.1 Å². The first-order chi connectivity index (χ1) is 7.78. The maximum atomic E-state index is 5.60. The van der Waals surface area contributed by atoms with E-state index in [0.717, 1.165) is 19.0 Å². The molecule has 1 unspecified atom stereocenters. The fourth-order valence-corrected chi connectivity index (χ4v) is 2.49. The minimum absolute atomic E-state index is 0.808. The first-order valence-corrected chi connectivity index (χ1v) is 6.11. The number of hydrogen-bond donors (Lipinski definition) is 1. The molecule has 1 aliphatic rings. The molecule has 3 nitrogen and oxygen atoms in total. The van der Waals surface area contributed by atoms with Crippen LogP contribution in [0.2, 0.25) is 0 Å². The zero-order valence-electron chi connectivity index (χ0n) is 10.0. The van der Waals surface area contributed by atoms with E-state index in [0.29, 0.717) is 0 Å². The average Bonchev–Trinajstić information content (AvgIpc) is 2.66. The lowest BCUT2D eigenvalue weighted by Gasteiger charge is -2.15. The lowest BCUT2D eigenvalue weighted by molar-refractivity contribution is 0.313. The Labute approximate surface area is 97.7 Å². The minimum Gasteiger partial charge on any atom is -0.330 e. The average molecular weight is 219 g/mol. The van der Waals surface area contributed by atoms with Crippen LogP contribution in [0.15, 0.2) is 18.5 Å². The highest BCUT2D eigenvalue weighted by atomic mass is 15.1. The van der Waals surface area contributed by atoms with Crippen molar-refractivity contribution in [3.63, 3.8) is 0 Å². The quantitative estimate of drug-likeness (QED) is 0.835. The van der Waals surface area contributed by atoms with E-state index in [9.17, 15) is 0 Å². The Morgan fingerprint density at radius 2 is 2.38 bits per heavy atom. The van der Waals surface area contributed by atoms with Gasteiger partial charge in [0.1, 0.15) is 0 Å². The van der Waals surface area contributed by atoms with Crippen molar-refractivity contribution in [2.24, 2.45) is 11.7 Å². The van der Waals surface area contributed by atoms with Crippen molar-refractivity contribution < 1.29 is 0 Å². The highest BCUT2D eigenvalue weighted by molar-refractivity contribution is 5.16. The van der Waals surface area contributed by atoms with E-state index in [-0.39, 0.29) is 0 Å². The van der Waals surface area contributed by atoms with Crippen molar-refractivity contribution >= 4 is 0 Å². The van der Waals surface area contributed by atoms with Gasteiger partial charge in [-0.3, -0.25) is 9.88 Å². The first kappa shape index (κ1) is 11.6. The molecule has 2 N–H and O–H groups in total. The molecule has 16 heavy (non-hydrogen) atoms. The van der Waals surface area contributed by atoms with E-state index in [4.69, 9.17) is 5.73 Å². The highest BCUT2D eigenvalue weighted by Gasteiger charge is 2.21. The van der Waals surface area contributed by atoms with E-state index >= 15 is 0 Å². The Balaban J connectivity index is 1.87. The van der Waals surface area contributed by atoms with Gasteiger partial charge in [0.05, 0.1) is 0 Å². The van der Waals surface area contributed by atoms with Gasteiger partial charge in [-0.25, -0.2) is 0 Å². The zero-order valence-corrected chi connectivity index (χ0v) is 10.0. The third-order valence-corrected chi connectivity index (χ3v) is 3.28. The third-order valence-electron chi connectivity index (χ3n) is 3.28. The van der Waals surface area contributed by atoms with Crippen molar-refractivity contribution in [2.45, 2.75) is 26.3 Å². The molecule has 0 aromatic carbocycles. The van der Waals surface area contributed by atoms with Gasteiger partial charge in [0.25, 0.3) is 0 Å². The van der Waals surface area contributed by atoms with Crippen LogP contribution in [0.25, 0.3) is 0 Å². The number of nitrogens with two attached hydrogens (primary N) is 1. The SMILES string of the molecule is Cc1cncc(CN2CCC(CCN)C2)c1. The molecule has 88 valence electrons. The van der Waals surface area contributed by atoms with E-state index in [2.05, 4.69) is 22.9 Å². The Bertz CT molecular complexity index is 338. The standard InChI is InChI=1S/C13H21N3/c1-11-6-13(8-15-7-11)10-16-5-3-12(9-16)2-4-14/h6-8,12H,2-5,9-10,14H2,1H3. The number of aryl methyl sites for hydroxylation is 1. The van der Waals surface area contributed by atoms with Crippen molar-refractivity contribution in [3.05, 3.63) is 29.6 Å². The summed E-state index contributed by atoms with van der Waals surface area (Å²) in [6, 6.07) is 2.23. The molecule has 0 radical (unpaired) electrons. The summed E-state index contributed by atoms with van der Waals surface area (Å²) >= 11 is 0. The van der Waals surface area contributed by atoms with Crippen LogP contribution in [0.4, 0.5) is 0 Å². The van der Waals surface area contributed by atoms with E-state index < -0.39 is 0 Å². The van der Waals surface area contributed by atoms with Crippen LogP contribution >= 0.6 is 0 Å². The van der Waals surface area contributed by atoms with E-state index in [1.807, 2.05) is 12.4 Å². The minimum atomic E-state index is 0.808. The normalized spacial score (nSPS) is 21.5. The van der Waals surface area contributed by atoms with Gasteiger partial charge >= 0.3 is 0 Å². The molecule has 0 spiro atoms. The molecule has 1 fully saturated rings. The number of aromatic nitrogens is 1. The molecule has 2 heterocycles. The Morgan fingerprint density at radius 1 is 1.50 bits per heavy atom. The fourth-order valence-electron chi connectivity index (χ4n) is 2.49. The second-order valence-corrected chi connectivity index (χ2v) is 4.84. The monoisotopic (exact) mass is 219 g/mol. The lowest BCUT2D eigenvalue weighted by Crippen LogP contribution is -2.21. The van der Waals surface area contributed by atoms with Gasteiger partial charge in [-0.15, -0.1) is 0 Å². The van der Waals surface area contributed by atoms with Crippen molar-refractivity contribution in [3.8, 4) is 0 Å². The molecule has 1 aliphatic heterocycles. The molecular weight excluding hydrogens is 198 g/mol. The second kappa shape index (κ2) is 5.41. The maximum absolute atomic E-state index is 5.60. The Hall–Kier alpha value is -0.930. The van der Waals surface area contributed by atoms with Crippen molar-refractivity contribution in [1.29, 1.82) is 0 Å². The number of likely N-dealkylation sites (tertiary alicyclic amines) is 1. The molecule has 1 saturated heterocycles. The van der Waals surface area contributed by atoms with Gasteiger partial charge in [-0.1, -0.05) is 6.07 Å². The molecule has 2 rings (SSSR count). The predicted octanol–water partition coefficient (Wildman–Crippen LogP) is 1.56. The lowest BCUT2D eigenvalue weighted by atomic mass is 10.1. The molecular formula is C13H21N3. The summed E-state index contributed by atoms with van der Waals surface area (Å²) in [6.07, 6.45) is 6.35. The first-order valence-electron chi connectivity index (χ1n) is 6.11. The summed E-state index contributed by atoms with van der Waals surface area (Å²) in [5, 5.41) is 0. The van der Waals surface area contributed by atoms with Gasteiger partial charge < -0.3 is 5.73 Å². The van der Waals surface area contributed by atoms with Gasteiger partial charge in [0.15, 0.2) is 0 Å². The van der Waals surface area contributed by atoms with Gasteiger partial charge in [-0.2, -0.15) is 0 Å². The fraction of sp³-hybridized carbons (Fsp3) is 0.615. The van der Waals surface area contributed by atoms with Crippen LogP contribution in [-0.4, -0.2) is 29.5 Å². The number of nitrogens with zero attached hydrogens (tertiary/aromatic N) is 2. The largest absolute Gasteiger partial charge is 0.330 e. The van der Waals surface area contributed by atoms with Crippen LogP contribution < -0.4 is 5.73 Å². The van der Waals surface area contributed by atoms with Gasteiger partial charge in [0, 0.05) is 25.5 Å². The predicted molar refractivity (Wildman–Crippen MR) is 66.0 cm³/mol. The topological polar surface area (TPSA) is 42.2 Å². The number of rotatable bonds is 4. The smallest absolute Gasteiger partial charge is 0.0313 e. The second-order valence-electron chi connectivity index (χ2n) is 4.84. The molecule has 3 heteroatoms. The van der Waals surface area contributed by atoms with Crippen molar-refractivity contribution in [1.82, 2.24) is 9.88 Å². The zero-order chi connectivity index (χ0) is 11.4.